The summed E-state index contributed by atoms with van der Waals surface area (Å²) in [6, 6.07) is 14.5. The molecular weight excluding hydrogens is 428 g/mol. The predicted octanol–water partition coefficient (Wildman–Crippen LogP) is 1.97. The molecule has 0 radical (unpaired) electrons. The molecule has 174 valence electrons. The van der Waals surface area contributed by atoms with Crippen LogP contribution in [-0.2, 0) is 48.2 Å². The highest BCUT2D eigenvalue weighted by molar-refractivity contribution is 5.92. The summed E-state index contributed by atoms with van der Waals surface area (Å²) >= 11 is 0. The van der Waals surface area contributed by atoms with E-state index < -0.39 is 42.4 Å². The topological polar surface area (TPSA) is 111 Å². The van der Waals surface area contributed by atoms with E-state index in [9.17, 15) is 19.2 Å². The number of carbonyl (C=O) groups excluding carboxylic acids is 4. The zero-order valence-electron chi connectivity index (χ0n) is 18.5. The highest BCUT2D eigenvalue weighted by atomic mass is 16.6. The molecule has 0 unspecified atom stereocenters. The number of fused-ring (bicyclic) bond motifs is 1. The first-order chi connectivity index (χ1) is 15.9. The van der Waals surface area contributed by atoms with Crippen LogP contribution in [0.25, 0.3) is 0 Å². The summed E-state index contributed by atoms with van der Waals surface area (Å²) in [6.45, 7) is 0.223. The van der Waals surface area contributed by atoms with Gasteiger partial charge in [-0.2, -0.15) is 0 Å². The van der Waals surface area contributed by atoms with E-state index in [1.165, 1.54) is 12.0 Å². The first-order valence-electron chi connectivity index (χ1n) is 10.4. The SMILES string of the molecule is COC(=O)C[C@H](NC(=O)[C@@H]1Cc2ccccc2CN1C(=O)OCc1ccccc1)C(=O)OC. The monoisotopic (exact) mass is 454 g/mol. The van der Waals surface area contributed by atoms with Crippen LogP contribution in [0.3, 0.4) is 0 Å². The molecule has 0 spiro atoms. The summed E-state index contributed by atoms with van der Waals surface area (Å²) in [5.74, 6) is -2.07. The van der Waals surface area contributed by atoms with Crippen molar-refractivity contribution in [2.24, 2.45) is 0 Å². The van der Waals surface area contributed by atoms with Crippen LogP contribution in [0, 0.1) is 0 Å². The van der Waals surface area contributed by atoms with E-state index in [0.717, 1.165) is 23.8 Å². The molecule has 0 aliphatic carbocycles. The van der Waals surface area contributed by atoms with Gasteiger partial charge in [-0.15, -0.1) is 0 Å². The molecule has 1 aliphatic rings. The molecule has 2 atom stereocenters. The number of esters is 2. The van der Waals surface area contributed by atoms with Crippen molar-refractivity contribution in [1.29, 1.82) is 0 Å². The minimum Gasteiger partial charge on any atom is -0.469 e. The number of nitrogens with one attached hydrogen (secondary N) is 1. The first kappa shape index (κ1) is 23.8. The average molecular weight is 454 g/mol. The Bertz CT molecular complexity index is 1010. The second kappa shape index (κ2) is 11.1. The second-order valence-corrected chi connectivity index (χ2v) is 7.52. The maximum Gasteiger partial charge on any atom is 0.411 e. The lowest BCUT2D eigenvalue weighted by Gasteiger charge is -2.35. The summed E-state index contributed by atoms with van der Waals surface area (Å²) in [4.78, 5) is 51.3. The summed E-state index contributed by atoms with van der Waals surface area (Å²) < 4.78 is 14.8. The lowest BCUT2D eigenvalue weighted by atomic mass is 9.93. The fourth-order valence-corrected chi connectivity index (χ4v) is 3.60. The number of hydrogen-bond acceptors (Lipinski definition) is 7. The van der Waals surface area contributed by atoms with Crippen LogP contribution in [0.4, 0.5) is 4.79 Å². The van der Waals surface area contributed by atoms with Crippen molar-refractivity contribution in [3.8, 4) is 0 Å². The molecule has 1 N–H and O–H groups in total. The van der Waals surface area contributed by atoms with Gasteiger partial charge < -0.3 is 19.5 Å². The van der Waals surface area contributed by atoms with E-state index in [4.69, 9.17) is 9.47 Å². The predicted molar refractivity (Wildman–Crippen MR) is 117 cm³/mol. The van der Waals surface area contributed by atoms with Gasteiger partial charge in [-0.1, -0.05) is 54.6 Å². The molecule has 0 saturated carbocycles. The summed E-state index contributed by atoms with van der Waals surface area (Å²) in [7, 11) is 2.34. The third-order valence-corrected chi connectivity index (χ3v) is 5.39. The van der Waals surface area contributed by atoms with E-state index in [1.807, 2.05) is 54.6 Å². The van der Waals surface area contributed by atoms with Crippen LogP contribution >= 0.6 is 0 Å². The Balaban J connectivity index is 1.79. The number of amides is 2. The van der Waals surface area contributed by atoms with E-state index in [1.54, 1.807) is 0 Å². The molecule has 33 heavy (non-hydrogen) atoms. The van der Waals surface area contributed by atoms with Gasteiger partial charge in [-0.05, 0) is 16.7 Å². The van der Waals surface area contributed by atoms with Gasteiger partial charge in [0.05, 0.1) is 27.2 Å². The number of rotatable bonds is 7. The van der Waals surface area contributed by atoms with Crippen molar-refractivity contribution in [3.05, 3.63) is 71.3 Å². The lowest BCUT2D eigenvalue weighted by Crippen LogP contribution is -2.56. The van der Waals surface area contributed by atoms with Gasteiger partial charge >= 0.3 is 18.0 Å². The van der Waals surface area contributed by atoms with Crippen LogP contribution in [0.5, 0.6) is 0 Å². The number of hydrogen-bond donors (Lipinski definition) is 1. The van der Waals surface area contributed by atoms with E-state index in [-0.39, 0.29) is 19.6 Å². The molecular formula is C24H26N2O7. The van der Waals surface area contributed by atoms with Crippen LogP contribution < -0.4 is 5.32 Å². The Labute approximate surface area is 191 Å². The Morgan fingerprint density at radius 1 is 0.970 bits per heavy atom. The van der Waals surface area contributed by atoms with E-state index in [0.29, 0.717) is 0 Å². The van der Waals surface area contributed by atoms with Crippen LogP contribution in [0.2, 0.25) is 0 Å². The number of methoxy groups -OCH3 is 2. The molecule has 1 aliphatic heterocycles. The maximum atomic E-state index is 13.2. The van der Waals surface area contributed by atoms with Gasteiger partial charge in [0, 0.05) is 6.42 Å². The third-order valence-electron chi connectivity index (χ3n) is 5.39. The highest BCUT2D eigenvalue weighted by Crippen LogP contribution is 2.25. The Kier molecular flexibility index (Phi) is 8.01. The molecule has 2 aromatic carbocycles. The first-order valence-corrected chi connectivity index (χ1v) is 10.4. The smallest absolute Gasteiger partial charge is 0.411 e. The highest BCUT2D eigenvalue weighted by Gasteiger charge is 2.37. The van der Waals surface area contributed by atoms with Gasteiger partial charge in [0.15, 0.2) is 0 Å². The molecule has 0 saturated heterocycles. The van der Waals surface area contributed by atoms with Crippen molar-refractivity contribution in [2.45, 2.75) is 38.1 Å². The minimum absolute atomic E-state index is 0.0548. The van der Waals surface area contributed by atoms with Crippen molar-refractivity contribution in [2.75, 3.05) is 14.2 Å². The summed E-state index contributed by atoms with van der Waals surface area (Å²) in [5, 5.41) is 2.53. The summed E-state index contributed by atoms with van der Waals surface area (Å²) in [5.41, 5.74) is 2.62. The standard InChI is InChI=1S/C24H26N2O7/c1-31-21(27)13-19(23(29)32-2)25-22(28)20-12-17-10-6-7-11-18(17)14-26(20)24(30)33-15-16-8-4-3-5-9-16/h3-11,19-20H,12-15H2,1-2H3,(H,25,28)/t19-,20-/m0/s1. The molecule has 0 aromatic heterocycles. The molecule has 3 rings (SSSR count). The maximum absolute atomic E-state index is 13.2. The van der Waals surface area contributed by atoms with Crippen molar-refractivity contribution in [3.63, 3.8) is 0 Å². The van der Waals surface area contributed by atoms with Gasteiger partial charge in [-0.25, -0.2) is 9.59 Å². The van der Waals surface area contributed by atoms with Crippen LogP contribution in [-0.4, -0.2) is 55.1 Å². The molecule has 9 heteroatoms. The van der Waals surface area contributed by atoms with Crippen molar-refractivity contribution >= 4 is 23.9 Å². The Morgan fingerprint density at radius 3 is 2.30 bits per heavy atom. The third kappa shape index (κ3) is 6.09. The quantitative estimate of drug-likeness (QED) is 0.503. The minimum atomic E-state index is -1.24. The van der Waals surface area contributed by atoms with Gasteiger partial charge in [-0.3, -0.25) is 14.5 Å². The number of ether oxygens (including phenoxy) is 3. The van der Waals surface area contributed by atoms with Gasteiger partial charge in [0.2, 0.25) is 5.91 Å². The number of carbonyl (C=O) groups is 4. The molecule has 9 nitrogen and oxygen atoms in total. The summed E-state index contributed by atoms with van der Waals surface area (Å²) in [6.07, 6.45) is -0.818. The normalized spacial score (nSPS) is 15.6. The zero-order valence-corrected chi connectivity index (χ0v) is 18.5. The molecule has 2 amide bonds. The van der Waals surface area contributed by atoms with E-state index >= 15 is 0 Å². The molecule has 0 fully saturated rings. The van der Waals surface area contributed by atoms with E-state index in [2.05, 4.69) is 10.1 Å². The van der Waals surface area contributed by atoms with Gasteiger partial charge in [0.25, 0.3) is 0 Å². The van der Waals surface area contributed by atoms with Crippen LogP contribution in [0.15, 0.2) is 54.6 Å². The molecule has 2 aromatic rings. The molecule has 0 bridgehead atoms. The Hall–Kier alpha value is -3.88. The zero-order chi connectivity index (χ0) is 23.8. The number of benzene rings is 2. The fourth-order valence-electron chi connectivity index (χ4n) is 3.60. The fraction of sp³-hybridized carbons (Fsp3) is 0.333. The van der Waals surface area contributed by atoms with Crippen LogP contribution in [0.1, 0.15) is 23.1 Å². The Morgan fingerprint density at radius 2 is 1.64 bits per heavy atom. The van der Waals surface area contributed by atoms with Gasteiger partial charge in [0.1, 0.15) is 18.7 Å². The largest absolute Gasteiger partial charge is 0.469 e. The average Bonchev–Trinajstić information content (AvgIpc) is 2.85. The van der Waals surface area contributed by atoms with Crippen molar-refractivity contribution < 1.29 is 33.4 Å². The second-order valence-electron chi connectivity index (χ2n) is 7.52. The van der Waals surface area contributed by atoms with Crippen molar-refractivity contribution in [1.82, 2.24) is 10.2 Å². The molecule has 1 heterocycles. The number of nitrogens with zero attached hydrogens (tertiary/aromatic N) is 1. The lowest BCUT2D eigenvalue weighted by molar-refractivity contribution is -0.151.